The number of pyridine rings is 1. The fourth-order valence-corrected chi connectivity index (χ4v) is 3.80. The van der Waals surface area contributed by atoms with Gasteiger partial charge in [-0.1, -0.05) is 12.1 Å². The van der Waals surface area contributed by atoms with Crippen molar-refractivity contribution in [1.29, 1.82) is 0 Å². The highest BCUT2D eigenvalue weighted by Crippen LogP contribution is 2.15. The first-order chi connectivity index (χ1) is 18.2. The van der Waals surface area contributed by atoms with Crippen LogP contribution in [-0.4, -0.2) is 70.5 Å². The van der Waals surface area contributed by atoms with E-state index in [9.17, 15) is 19.8 Å². The normalized spacial score (nSPS) is 12.8. The molecule has 2 amide bonds. The molecule has 0 radical (unpaired) electrons. The average Bonchev–Trinajstić information content (AvgIpc) is 2.88. The number of methoxy groups -OCH3 is 1. The summed E-state index contributed by atoms with van der Waals surface area (Å²) >= 11 is 0. The Labute approximate surface area is 222 Å². The largest absolute Gasteiger partial charge is 0.497 e. The number of amides is 2. The third kappa shape index (κ3) is 8.77. The molecule has 0 bridgehead atoms. The molecule has 0 spiro atoms. The van der Waals surface area contributed by atoms with Crippen LogP contribution in [0.5, 0.6) is 5.75 Å². The van der Waals surface area contributed by atoms with Gasteiger partial charge in [0, 0.05) is 31.4 Å². The predicted octanol–water partition coefficient (Wildman–Crippen LogP) is 2.67. The second kappa shape index (κ2) is 14.0. The molecule has 1 aromatic heterocycles. The summed E-state index contributed by atoms with van der Waals surface area (Å²) in [6, 6.07) is 17.3. The van der Waals surface area contributed by atoms with Gasteiger partial charge in [0.25, 0.3) is 11.8 Å². The minimum atomic E-state index is -0.561. The summed E-state index contributed by atoms with van der Waals surface area (Å²) in [4.78, 5) is 31.8. The summed E-state index contributed by atoms with van der Waals surface area (Å²) in [6.07, 6.45) is 1.85. The summed E-state index contributed by atoms with van der Waals surface area (Å²) in [7, 11) is 1.58. The summed E-state index contributed by atoms with van der Waals surface area (Å²) in [5.41, 5.74) is 4.60. The Bertz CT molecular complexity index is 1230. The Balaban J connectivity index is 1.68. The molecule has 2 unspecified atom stereocenters. The van der Waals surface area contributed by atoms with Gasteiger partial charge in [0.1, 0.15) is 11.6 Å². The van der Waals surface area contributed by atoms with Crippen LogP contribution >= 0.6 is 0 Å². The van der Waals surface area contributed by atoms with Gasteiger partial charge in [0.15, 0.2) is 0 Å². The van der Waals surface area contributed by atoms with E-state index in [1.807, 2.05) is 11.0 Å². The SMILES string of the molecule is COc1ccc(C=NNC(=O)c2cccnc2NC(=O)c2cccc(CN(CC(C)O)CC(C)O)c2)cc1. The summed E-state index contributed by atoms with van der Waals surface area (Å²) < 4.78 is 5.12. The van der Waals surface area contributed by atoms with Crippen LogP contribution in [0.4, 0.5) is 5.82 Å². The van der Waals surface area contributed by atoms with E-state index in [1.54, 1.807) is 75.6 Å². The number of aliphatic hydroxyl groups is 2. The number of hydrogen-bond acceptors (Lipinski definition) is 8. The average molecular weight is 520 g/mol. The van der Waals surface area contributed by atoms with Crippen LogP contribution < -0.4 is 15.5 Å². The number of hydrogen-bond donors (Lipinski definition) is 4. The predicted molar refractivity (Wildman–Crippen MR) is 145 cm³/mol. The maximum absolute atomic E-state index is 13.0. The van der Waals surface area contributed by atoms with Gasteiger partial charge < -0.3 is 20.3 Å². The number of aliphatic hydroxyl groups excluding tert-OH is 2. The van der Waals surface area contributed by atoms with E-state index in [2.05, 4.69) is 20.8 Å². The van der Waals surface area contributed by atoms with Gasteiger partial charge >= 0.3 is 0 Å². The minimum Gasteiger partial charge on any atom is -0.497 e. The van der Waals surface area contributed by atoms with Crippen molar-refractivity contribution in [2.45, 2.75) is 32.6 Å². The number of nitrogens with one attached hydrogen (secondary N) is 2. The van der Waals surface area contributed by atoms with E-state index < -0.39 is 24.0 Å². The molecular weight excluding hydrogens is 486 g/mol. The van der Waals surface area contributed by atoms with Crippen LogP contribution in [0.15, 0.2) is 72.0 Å². The lowest BCUT2D eigenvalue weighted by Gasteiger charge is -2.25. The number of carbonyl (C=O) groups is 2. The first kappa shape index (κ1) is 28.5. The number of carbonyl (C=O) groups excluding carboxylic acids is 2. The number of anilines is 1. The molecule has 0 aliphatic carbocycles. The summed E-state index contributed by atoms with van der Waals surface area (Å²) in [5, 5.41) is 26.3. The van der Waals surface area contributed by atoms with E-state index >= 15 is 0 Å². The number of nitrogens with zero attached hydrogens (tertiary/aromatic N) is 3. The monoisotopic (exact) mass is 519 g/mol. The quantitative estimate of drug-likeness (QED) is 0.213. The molecular formula is C28H33N5O5. The van der Waals surface area contributed by atoms with Crippen molar-refractivity contribution >= 4 is 23.8 Å². The molecule has 1 heterocycles. The molecule has 0 aliphatic rings. The van der Waals surface area contributed by atoms with E-state index in [0.29, 0.717) is 30.9 Å². The van der Waals surface area contributed by atoms with Gasteiger partial charge in [-0.05, 0) is 73.5 Å². The molecule has 38 heavy (non-hydrogen) atoms. The van der Waals surface area contributed by atoms with Crippen molar-refractivity contribution in [2.75, 3.05) is 25.5 Å². The highest BCUT2D eigenvalue weighted by molar-refractivity contribution is 6.08. The van der Waals surface area contributed by atoms with Gasteiger partial charge in [0.05, 0.1) is 31.1 Å². The maximum atomic E-state index is 13.0. The number of rotatable bonds is 12. The smallest absolute Gasteiger partial charge is 0.275 e. The minimum absolute atomic E-state index is 0.102. The molecule has 0 saturated carbocycles. The number of aromatic nitrogens is 1. The number of ether oxygens (including phenoxy) is 1. The second-order valence-electron chi connectivity index (χ2n) is 8.92. The molecule has 3 aromatic rings. The zero-order valence-electron chi connectivity index (χ0n) is 21.7. The van der Waals surface area contributed by atoms with Crippen molar-refractivity contribution in [1.82, 2.24) is 15.3 Å². The zero-order valence-corrected chi connectivity index (χ0v) is 21.7. The zero-order chi connectivity index (χ0) is 27.5. The molecule has 2 atom stereocenters. The van der Waals surface area contributed by atoms with E-state index in [1.165, 1.54) is 12.4 Å². The summed E-state index contributed by atoms with van der Waals surface area (Å²) in [6.45, 7) is 4.58. The first-order valence-corrected chi connectivity index (χ1v) is 12.2. The van der Waals surface area contributed by atoms with E-state index in [-0.39, 0.29) is 11.4 Å². The van der Waals surface area contributed by atoms with E-state index in [4.69, 9.17) is 4.74 Å². The fourth-order valence-electron chi connectivity index (χ4n) is 3.80. The number of benzene rings is 2. The second-order valence-corrected chi connectivity index (χ2v) is 8.92. The lowest BCUT2D eigenvalue weighted by Crippen LogP contribution is -2.35. The Morgan fingerprint density at radius 1 is 1.03 bits per heavy atom. The van der Waals surface area contributed by atoms with Gasteiger partial charge in [-0.15, -0.1) is 0 Å². The highest BCUT2D eigenvalue weighted by Gasteiger charge is 2.17. The van der Waals surface area contributed by atoms with Crippen LogP contribution in [0.2, 0.25) is 0 Å². The Kier molecular flexibility index (Phi) is 10.5. The standard InChI is InChI=1S/C28H33N5O5/c1-19(34)16-33(17-20(2)35)18-22-6-4-7-23(14-22)27(36)31-26-25(8-5-13-29-26)28(37)32-30-15-21-9-11-24(38-3)12-10-21/h4-15,19-20,34-35H,16-18H2,1-3H3,(H,32,37)(H,29,31,36). The van der Waals surface area contributed by atoms with Crippen LogP contribution in [0, 0.1) is 0 Å². The third-order valence-corrected chi connectivity index (χ3v) is 5.42. The molecule has 0 saturated heterocycles. The Morgan fingerprint density at radius 3 is 2.39 bits per heavy atom. The lowest BCUT2D eigenvalue weighted by molar-refractivity contribution is 0.0793. The van der Waals surface area contributed by atoms with Crippen LogP contribution in [0.1, 0.15) is 45.7 Å². The van der Waals surface area contributed by atoms with Gasteiger partial charge in [-0.2, -0.15) is 5.10 Å². The third-order valence-electron chi connectivity index (χ3n) is 5.42. The van der Waals surface area contributed by atoms with Crippen molar-refractivity contribution in [2.24, 2.45) is 5.10 Å². The van der Waals surface area contributed by atoms with Crippen molar-refractivity contribution in [3.63, 3.8) is 0 Å². The summed E-state index contributed by atoms with van der Waals surface area (Å²) in [5.74, 6) is -0.146. The Hall–Kier alpha value is -4.12. The molecule has 3 rings (SSSR count). The van der Waals surface area contributed by atoms with Crippen molar-refractivity contribution < 1.29 is 24.5 Å². The molecule has 10 nitrogen and oxygen atoms in total. The first-order valence-electron chi connectivity index (χ1n) is 12.2. The van der Waals surface area contributed by atoms with Crippen molar-refractivity contribution in [3.05, 3.63) is 89.1 Å². The molecule has 10 heteroatoms. The van der Waals surface area contributed by atoms with Crippen LogP contribution in [0.3, 0.4) is 0 Å². The molecule has 200 valence electrons. The number of hydrazone groups is 1. The fraction of sp³-hybridized carbons (Fsp3) is 0.286. The lowest BCUT2D eigenvalue weighted by atomic mass is 10.1. The van der Waals surface area contributed by atoms with E-state index in [0.717, 1.165) is 11.1 Å². The molecule has 0 fully saturated rings. The maximum Gasteiger partial charge on any atom is 0.275 e. The van der Waals surface area contributed by atoms with Gasteiger partial charge in [-0.25, -0.2) is 10.4 Å². The van der Waals surface area contributed by atoms with Gasteiger partial charge in [0.2, 0.25) is 0 Å². The van der Waals surface area contributed by atoms with Crippen LogP contribution in [0.25, 0.3) is 0 Å². The highest BCUT2D eigenvalue weighted by atomic mass is 16.5. The van der Waals surface area contributed by atoms with Gasteiger partial charge in [-0.3, -0.25) is 14.5 Å². The Morgan fingerprint density at radius 2 is 1.74 bits per heavy atom. The topological polar surface area (TPSA) is 136 Å². The molecule has 2 aromatic carbocycles. The molecule has 0 aliphatic heterocycles. The van der Waals surface area contributed by atoms with Crippen molar-refractivity contribution in [3.8, 4) is 5.75 Å². The van der Waals surface area contributed by atoms with Crippen LogP contribution in [-0.2, 0) is 6.54 Å². The molecule has 4 N–H and O–H groups in total.